The molecule has 0 saturated carbocycles. The molecule has 0 aliphatic carbocycles. The van der Waals surface area contributed by atoms with Crippen molar-refractivity contribution in [3.63, 3.8) is 0 Å². The molecule has 9 heteroatoms. The van der Waals surface area contributed by atoms with E-state index in [1.165, 1.54) is 25.3 Å². The van der Waals surface area contributed by atoms with E-state index in [1.54, 1.807) is 24.3 Å². The van der Waals surface area contributed by atoms with Crippen molar-refractivity contribution in [1.82, 2.24) is 10.2 Å². The lowest BCUT2D eigenvalue weighted by Crippen LogP contribution is -2.33. The number of amides is 1. The molecule has 3 rings (SSSR count). The Kier molecular flexibility index (Phi) is 7.46. The summed E-state index contributed by atoms with van der Waals surface area (Å²) in [4.78, 5) is 15.0. The third-order valence-electron chi connectivity index (χ3n) is 5.41. The third-order valence-corrected chi connectivity index (χ3v) is 7.01. The van der Waals surface area contributed by atoms with Gasteiger partial charge in [-0.15, -0.1) is 0 Å². The van der Waals surface area contributed by atoms with E-state index in [-0.39, 0.29) is 16.5 Å². The van der Waals surface area contributed by atoms with Crippen molar-refractivity contribution in [1.29, 1.82) is 0 Å². The Labute approximate surface area is 188 Å². The number of benzene rings is 2. The number of sulfonamides is 1. The van der Waals surface area contributed by atoms with Crippen molar-refractivity contribution in [2.24, 2.45) is 5.92 Å². The average molecular weight is 466 g/mol. The minimum atomic E-state index is -3.94. The molecule has 2 aromatic rings. The largest absolute Gasteiger partial charge is 0.495 e. The normalized spacial score (nSPS) is 17.0. The number of ether oxygens (including phenoxy) is 1. The molecule has 168 valence electrons. The zero-order chi connectivity index (χ0) is 22.6. The molecule has 1 heterocycles. The van der Waals surface area contributed by atoms with Crippen LogP contribution >= 0.6 is 11.6 Å². The molecular formula is C22H28ClN3O4S. The van der Waals surface area contributed by atoms with Crippen LogP contribution in [0.2, 0.25) is 5.02 Å². The summed E-state index contributed by atoms with van der Waals surface area (Å²) < 4.78 is 33.4. The number of nitrogens with one attached hydrogen (secondary N) is 2. The Balaban J connectivity index is 1.69. The van der Waals surface area contributed by atoms with Crippen LogP contribution < -0.4 is 14.8 Å². The van der Waals surface area contributed by atoms with Crippen molar-refractivity contribution in [3.8, 4) is 5.75 Å². The lowest BCUT2D eigenvalue weighted by molar-refractivity contribution is 0.0947. The third kappa shape index (κ3) is 5.90. The van der Waals surface area contributed by atoms with Gasteiger partial charge in [-0.05, 0) is 69.1 Å². The second-order valence-corrected chi connectivity index (χ2v) is 10.1. The molecule has 1 unspecified atom stereocenters. The number of rotatable bonds is 8. The predicted molar refractivity (Wildman–Crippen MR) is 122 cm³/mol. The lowest BCUT2D eigenvalue weighted by Gasteiger charge is -2.20. The highest BCUT2D eigenvalue weighted by molar-refractivity contribution is 7.92. The van der Waals surface area contributed by atoms with Gasteiger partial charge in [-0.3, -0.25) is 9.52 Å². The van der Waals surface area contributed by atoms with Crippen LogP contribution in [0.4, 0.5) is 5.69 Å². The summed E-state index contributed by atoms with van der Waals surface area (Å²) in [5, 5.41) is 3.31. The van der Waals surface area contributed by atoms with Gasteiger partial charge in [-0.2, -0.15) is 0 Å². The van der Waals surface area contributed by atoms with Crippen LogP contribution in [0.25, 0.3) is 0 Å². The topological polar surface area (TPSA) is 87.7 Å². The number of carbonyl (C=O) groups excluding carboxylic acids is 1. The average Bonchev–Trinajstić information content (AvgIpc) is 3.21. The van der Waals surface area contributed by atoms with E-state index in [1.807, 2.05) is 0 Å². The number of hydrogen-bond acceptors (Lipinski definition) is 5. The van der Waals surface area contributed by atoms with Crippen LogP contribution in [0.5, 0.6) is 5.75 Å². The maximum atomic E-state index is 12.9. The van der Waals surface area contributed by atoms with Gasteiger partial charge in [0.05, 0.1) is 17.7 Å². The first-order chi connectivity index (χ1) is 14.7. The number of halogens is 1. The smallest absolute Gasteiger partial charge is 0.262 e. The van der Waals surface area contributed by atoms with Gasteiger partial charge in [-0.1, -0.05) is 17.7 Å². The fourth-order valence-corrected chi connectivity index (χ4v) is 4.88. The molecule has 1 saturated heterocycles. The first-order valence-electron chi connectivity index (χ1n) is 10.2. The second-order valence-electron chi connectivity index (χ2n) is 7.93. The molecule has 2 N–H and O–H groups in total. The molecule has 0 radical (unpaired) electrons. The summed E-state index contributed by atoms with van der Waals surface area (Å²) >= 11 is 5.98. The monoisotopic (exact) mass is 465 g/mol. The fraction of sp³-hybridized carbons (Fsp3) is 0.409. The molecule has 1 aliphatic rings. The Morgan fingerprint density at radius 2 is 2.03 bits per heavy atom. The summed E-state index contributed by atoms with van der Waals surface area (Å²) in [6.07, 6.45) is 1.04. The first kappa shape index (κ1) is 23.4. The molecule has 0 spiro atoms. The minimum absolute atomic E-state index is 0.0194. The maximum absolute atomic E-state index is 12.9. The number of carbonyl (C=O) groups is 1. The van der Waals surface area contributed by atoms with Crippen molar-refractivity contribution in [3.05, 3.63) is 53.1 Å². The van der Waals surface area contributed by atoms with E-state index >= 15 is 0 Å². The van der Waals surface area contributed by atoms with Crippen LogP contribution in [0.3, 0.4) is 0 Å². The first-order valence-corrected chi connectivity index (χ1v) is 12.0. The summed E-state index contributed by atoms with van der Waals surface area (Å²) in [7, 11) is -2.50. The maximum Gasteiger partial charge on any atom is 0.262 e. The van der Waals surface area contributed by atoms with Crippen molar-refractivity contribution < 1.29 is 17.9 Å². The highest BCUT2D eigenvalue weighted by Gasteiger charge is 2.25. The molecule has 1 aliphatic heterocycles. The molecule has 31 heavy (non-hydrogen) atoms. The standard InChI is InChI=1S/C22H28ClN3O4S/c1-15(2)26-10-9-16(14-26)13-24-22(27)17-5-4-6-19(11-17)31(28,29)25-20-12-18(23)7-8-21(20)30-3/h4-8,11-12,15-16,25H,9-10,13-14H2,1-3H3,(H,24,27). The number of likely N-dealkylation sites (tertiary alicyclic amines) is 1. The quantitative estimate of drug-likeness (QED) is 0.621. The van der Waals surface area contributed by atoms with Crippen LogP contribution in [0, 0.1) is 5.92 Å². The van der Waals surface area contributed by atoms with Gasteiger partial charge in [0, 0.05) is 29.7 Å². The van der Waals surface area contributed by atoms with Gasteiger partial charge < -0.3 is 15.0 Å². The highest BCUT2D eigenvalue weighted by Crippen LogP contribution is 2.30. The van der Waals surface area contributed by atoms with Gasteiger partial charge in [-0.25, -0.2) is 8.42 Å². The van der Waals surface area contributed by atoms with E-state index in [9.17, 15) is 13.2 Å². The summed E-state index contributed by atoms with van der Waals surface area (Å²) in [6.45, 7) is 6.89. The van der Waals surface area contributed by atoms with Gasteiger partial charge in [0.1, 0.15) is 5.75 Å². The molecule has 0 bridgehead atoms. The Hall–Kier alpha value is -2.29. The second kappa shape index (κ2) is 9.89. The van der Waals surface area contributed by atoms with E-state index in [4.69, 9.17) is 16.3 Å². The van der Waals surface area contributed by atoms with Crippen LogP contribution in [0.15, 0.2) is 47.4 Å². The molecule has 7 nitrogen and oxygen atoms in total. The van der Waals surface area contributed by atoms with Gasteiger partial charge in [0.2, 0.25) is 0 Å². The number of methoxy groups -OCH3 is 1. The predicted octanol–water partition coefficient (Wildman–Crippen LogP) is 3.61. The highest BCUT2D eigenvalue weighted by atomic mass is 35.5. The zero-order valence-corrected chi connectivity index (χ0v) is 19.5. The summed E-state index contributed by atoms with van der Waals surface area (Å²) in [6, 6.07) is 11.1. The van der Waals surface area contributed by atoms with Crippen LogP contribution in [-0.2, 0) is 10.0 Å². The van der Waals surface area contributed by atoms with Gasteiger partial charge in [0.25, 0.3) is 15.9 Å². The van der Waals surface area contributed by atoms with E-state index in [2.05, 4.69) is 28.8 Å². The molecule has 1 fully saturated rings. The van der Waals surface area contributed by atoms with E-state index < -0.39 is 10.0 Å². The number of nitrogens with zero attached hydrogens (tertiary/aromatic N) is 1. The summed E-state index contributed by atoms with van der Waals surface area (Å²) in [5.41, 5.74) is 0.514. The fourth-order valence-electron chi connectivity index (χ4n) is 3.61. The Morgan fingerprint density at radius 1 is 1.26 bits per heavy atom. The van der Waals surface area contributed by atoms with Crippen molar-refractivity contribution in [2.45, 2.75) is 31.2 Å². The zero-order valence-electron chi connectivity index (χ0n) is 17.9. The van der Waals surface area contributed by atoms with Gasteiger partial charge in [0.15, 0.2) is 0 Å². The van der Waals surface area contributed by atoms with E-state index in [0.29, 0.717) is 34.8 Å². The molecule has 2 aromatic carbocycles. The summed E-state index contributed by atoms with van der Waals surface area (Å²) in [5.74, 6) is 0.449. The SMILES string of the molecule is COc1ccc(Cl)cc1NS(=O)(=O)c1cccc(C(=O)NCC2CCN(C(C)C)C2)c1. The Morgan fingerprint density at radius 3 is 2.71 bits per heavy atom. The van der Waals surface area contributed by atoms with Crippen molar-refractivity contribution in [2.75, 3.05) is 31.5 Å². The van der Waals surface area contributed by atoms with Crippen LogP contribution in [0.1, 0.15) is 30.6 Å². The molecule has 1 atom stereocenters. The molecule has 1 amide bonds. The van der Waals surface area contributed by atoms with Crippen LogP contribution in [-0.4, -0.2) is 52.0 Å². The minimum Gasteiger partial charge on any atom is -0.495 e. The lowest BCUT2D eigenvalue weighted by atomic mass is 10.1. The number of anilines is 1. The number of hydrogen-bond donors (Lipinski definition) is 2. The Bertz CT molecular complexity index is 1040. The van der Waals surface area contributed by atoms with Gasteiger partial charge >= 0.3 is 0 Å². The molecular weight excluding hydrogens is 438 g/mol. The molecule has 0 aromatic heterocycles. The van der Waals surface area contributed by atoms with Crippen molar-refractivity contribution >= 4 is 33.2 Å². The van der Waals surface area contributed by atoms with E-state index in [0.717, 1.165) is 19.5 Å².